The van der Waals surface area contributed by atoms with Gasteiger partial charge in [0, 0.05) is 37.0 Å². The molecule has 1 N–H and O–H groups in total. The van der Waals surface area contributed by atoms with Gasteiger partial charge in [-0.2, -0.15) is 5.10 Å². The quantitative estimate of drug-likeness (QED) is 0.944. The SMILES string of the molecule is CN(Cc1cn(C)nc1-c1ccccc1)C1CCCCC1O. The van der Waals surface area contributed by atoms with E-state index in [2.05, 4.69) is 35.4 Å². The van der Waals surface area contributed by atoms with Crippen molar-refractivity contribution in [1.29, 1.82) is 0 Å². The van der Waals surface area contributed by atoms with E-state index in [1.54, 1.807) is 0 Å². The van der Waals surface area contributed by atoms with Gasteiger partial charge in [0.1, 0.15) is 0 Å². The molecule has 1 saturated carbocycles. The van der Waals surface area contributed by atoms with Gasteiger partial charge in [0.25, 0.3) is 0 Å². The zero-order chi connectivity index (χ0) is 15.5. The summed E-state index contributed by atoms with van der Waals surface area (Å²) in [6, 6.07) is 10.6. The lowest BCUT2D eigenvalue weighted by Crippen LogP contribution is -2.42. The summed E-state index contributed by atoms with van der Waals surface area (Å²) in [4.78, 5) is 2.28. The Bertz CT molecular complexity index is 608. The standard InChI is InChI=1S/C18H25N3O/c1-20(16-10-6-7-11-17(16)22)12-15-13-21(2)19-18(15)14-8-4-3-5-9-14/h3-5,8-9,13,16-17,22H,6-7,10-12H2,1-2H3. The van der Waals surface area contributed by atoms with E-state index in [-0.39, 0.29) is 12.1 Å². The normalized spacial score (nSPS) is 22.2. The Labute approximate surface area is 132 Å². The van der Waals surface area contributed by atoms with Gasteiger partial charge in [0.05, 0.1) is 11.8 Å². The van der Waals surface area contributed by atoms with Crippen LogP contribution in [0.15, 0.2) is 36.5 Å². The minimum absolute atomic E-state index is 0.199. The number of likely N-dealkylation sites (N-methyl/N-ethyl adjacent to an activating group) is 1. The molecule has 4 heteroatoms. The van der Waals surface area contributed by atoms with E-state index in [0.29, 0.717) is 0 Å². The van der Waals surface area contributed by atoms with Crippen molar-refractivity contribution in [3.05, 3.63) is 42.1 Å². The summed E-state index contributed by atoms with van der Waals surface area (Å²) in [5, 5.41) is 14.9. The van der Waals surface area contributed by atoms with Gasteiger partial charge >= 0.3 is 0 Å². The van der Waals surface area contributed by atoms with Crippen LogP contribution >= 0.6 is 0 Å². The van der Waals surface area contributed by atoms with Crippen molar-refractivity contribution < 1.29 is 5.11 Å². The minimum Gasteiger partial charge on any atom is -0.391 e. The van der Waals surface area contributed by atoms with Crippen LogP contribution in [0.4, 0.5) is 0 Å². The molecule has 3 rings (SSSR count). The van der Waals surface area contributed by atoms with Crippen LogP contribution in [-0.2, 0) is 13.6 Å². The number of aliphatic hydroxyl groups excluding tert-OH is 1. The maximum atomic E-state index is 10.2. The maximum absolute atomic E-state index is 10.2. The third-order valence-corrected chi connectivity index (χ3v) is 4.63. The Balaban J connectivity index is 1.80. The Morgan fingerprint density at radius 2 is 1.95 bits per heavy atom. The van der Waals surface area contributed by atoms with E-state index >= 15 is 0 Å². The molecule has 22 heavy (non-hydrogen) atoms. The summed E-state index contributed by atoms with van der Waals surface area (Å²) in [6.45, 7) is 0.819. The van der Waals surface area contributed by atoms with Crippen LogP contribution in [0.2, 0.25) is 0 Å². The van der Waals surface area contributed by atoms with Crippen LogP contribution < -0.4 is 0 Å². The molecule has 1 aromatic carbocycles. The van der Waals surface area contributed by atoms with Gasteiger partial charge in [-0.1, -0.05) is 43.2 Å². The molecule has 2 unspecified atom stereocenters. The highest BCUT2D eigenvalue weighted by Gasteiger charge is 2.27. The second-order valence-corrected chi connectivity index (χ2v) is 6.38. The molecule has 0 radical (unpaired) electrons. The summed E-state index contributed by atoms with van der Waals surface area (Å²) < 4.78 is 1.88. The van der Waals surface area contributed by atoms with Crippen molar-refractivity contribution in [2.45, 2.75) is 44.4 Å². The van der Waals surface area contributed by atoms with E-state index in [4.69, 9.17) is 0 Å². The van der Waals surface area contributed by atoms with Crippen molar-refractivity contribution in [3.63, 3.8) is 0 Å². The third kappa shape index (κ3) is 3.23. The zero-order valence-electron chi connectivity index (χ0n) is 13.4. The van der Waals surface area contributed by atoms with Crippen molar-refractivity contribution in [3.8, 4) is 11.3 Å². The molecular weight excluding hydrogens is 274 g/mol. The van der Waals surface area contributed by atoms with Gasteiger partial charge in [0.2, 0.25) is 0 Å². The lowest BCUT2D eigenvalue weighted by atomic mass is 9.91. The van der Waals surface area contributed by atoms with Gasteiger partial charge in [0.15, 0.2) is 0 Å². The van der Waals surface area contributed by atoms with Crippen molar-refractivity contribution in [2.75, 3.05) is 7.05 Å². The van der Waals surface area contributed by atoms with Gasteiger partial charge in [-0.25, -0.2) is 0 Å². The van der Waals surface area contributed by atoms with Crippen molar-refractivity contribution >= 4 is 0 Å². The smallest absolute Gasteiger partial charge is 0.0968 e. The van der Waals surface area contributed by atoms with Crippen LogP contribution in [0, 0.1) is 0 Å². The minimum atomic E-state index is -0.199. The molecule has 118 valence electrons. The first-order chi connectivity index (χ1) is 10.6. The first kappa shape index (κ1) is 15.3. The molecule has 1 fully saturated rings. The Kier molecular flexibility index (Phi) is 4.60. The fourth-order valence-electron chi connectivity index (χ4n) is 3.48. The first-order valence-corrected chi connectivity index (χ1v) is 8.11. The Hall–Kier alpha value is -1.65. The van der Waals surface area contributed by atoms with Crippen LogP contribution in [0.25, 0.3) is 11.3 Å². The fraction of sp³-hybridized carbons (Fsp3) is 0.500. The largest absolute Gasteiger partial charge is 0.391 e. The number of nitrogens with zero attached hydrogens (tertiary/aromatic N) is 3. The molecule has 0 amide bonds. The third-order valence-electron chi connectivity index (χ3n) is 4.63. The zero-order valence-corrected chi connectivity index (χ0v) is 13.4. The Morgan fingerprint density at radius 3 is 2.68 bits per heavy atom. The van der Waals surface area contributed by atoms with E-state index < -0.39 is 0 Å². The van der Waals surface area contributed by atoms with Crippen molar-refractivity contribution in [2.24, 2.45) is 7.05 Å². The number of aromatic nitrogens is 2. The predicted molar refractivity (Wildman–Crippen MR) is 88.4 cm³/mol. The predicted octanol–water partition coefficient (Wildman–Crippen LogP) is 2.82. The molecule has 1 aromatic heterocycles. The van der Waals surface area contributed by atoms with E-state index in [0.717, 1.165) is 37.1 Å². The molecule has 0 saturated heterocycles. The number of rotatable bonds is 4. The molecule has 1 heterocycles. The Morgan fingerprint density at radius 1 is 1.23 bits per heavy atom. The average Bonchev–Trinajstić information content (AvgIpc) is 2.89. The van der Waals surface area contributed by atoms with Crippen LogP contribution in [0.1, 0.15) is 31.2 Å². The lowest BCUT2D eigenvalue weighted by molar-refractivity contribution is 0.0289. The average molecular weight is 299 g/mol. The lowest BCUT2D eigenvalue weighted by Gasteiger charge is -2.35. The first-order valence-electron chi connectivity index (χ1n) is 8.11. The van der Waals surface area contributed by atoms with E-state index in [9.17, 15) is 5.11 Å². The number of hydrogen-bond acceptors (Lipinski definition) is 3. The molecule has 1 aliphatic rings. The monoisotopic (exact) mass is 299 g/mol. The summed E-state index contributed by atoms with van der Waals surface area (Å²) in [7, 11) is 4.08. The number of aryl methyl sites for hydroxylation is 1. The molecule has 2 atom stereocenters. The van der Waals surface area contributed by atoms with Crippen molar-refractivity contribution in [1.82, 2.24) is 14.7 Å². The second-order valence-electron chi connectivity index (χ2n) is 6.38. The van der Waals surface area contributed by atoms with Crippen LogP contribution in [-0.4, -0.2) is 39.0 Å². The van der Waals surface area contributed by atoms with Gasteiger partial charge < -0.3 is 5.11 Å². The summed E-state index contributed by atoms with van der Waals surface area (Å²) in [5.74, 6) is 0. The highest BCUT2D eigenvalue weighted by atomic mass is 16.3. The molecular formula is C18H25N3O. The van der Waals surface area contributed by atoms with E-state index in [1.165, 1.54) is 12.0 Å². The van der Waals surface area contributed by atoms with Gasteiger partial charge in [-0.3, -0.25) is 9.58 Å². The van der Waals surface area contributed by atoms with Crippen LogP contribution in [0.3, 0.4) is 0 Å². The fourth-order valence-corrected chi connectivity index (χ4v) is 3.48. The molecule has 1 aliphatic carbocycles. The maximum Gasteiger partial charge on any atom is 0.0968 e. The topological polar surface area (TPSA) is 41.3 Å². The highest BCUT2D eigenvalue weighted by Crippen LogP contribution is 2.27. The molecule has 0 aliphatic heterocycles. The number of aliphatic hydroxyl groups is 1. The van der Waals surface area contributed by atoms with Gasteiger partial charge in [-0.15, -0.1) is 0 Å². The van der Waals surface area contributed by atoms with Crippen LogP contribution in [0.5, 0.6) is 0 Å². The summed E-state index contributed by atoms with van der Waals surface area (Å²) in [6.07, 6.45) is 6.26. The molecule has 0 spiro atoms. The number of hydrogen-bond donors (Lipinski definition) is 1. The van der Waals surface area contributed by atoms with Gasteiger partial charge in [-0.05, 0) is 19.9 Å². The molecule has 2 aromatic rings. The molecule has 4 nitrogen and oxygen atoms in total. The summed E-state index contributed by atoms with van der Waals surface area (Å²) in [5.41, 5.74) is 3.41. The second kappa shape index (κ2) is 6.63. The molecule has 0 bridgehead atoms. The van der Waals surface area contributed by atoms with E-state index in [1.807, 2.05) is 29.9 Å². The number of benzene rings is 1. The summed E-state index contributed by atoms with van der Waals surface area (Å²) >= 11 is 0. The highest BCUT2D eigenvalue weighted by molar-refractivity contribution is 5.62.